The summed E-state index contributed by atoms with van der Waals surface area (Å²) in [5.41, 5.74) is 3.87. The van der Waals surface area contributed by atoms with E-state index in [2.05, 4.69) is 31.2 Å². The van der Waals surface area contributed by atoms with Crippen molar-refractivity contribution >= 4 is 33.2 Å². The van der Waals surface area contributed by atoms with E-state index in [0.29, 0.717) is 11.3 Å². The van der Waals surface area contributed by atoms with Gasteiger partial charge in [-0.3, -0.25) is 9.78 Å². The van der Waals surface area contributed by atoms with E-state index >= 15 is 0 Å². The molecular weight excluding hydrogens is 380 g/mol. The predicted octanol–water partition coefficient (Wildman–Crippen LogP) is 4.41. The Hall–Kier alpha value is -2.99. The van der Waals surface area contributed by atoms with Crippen LogP contribution in [0.3, 0.4) is 0 Å². The Labute approximate surface area is 152 Å². The Morgan fingerprint density at radius 3 is 2.84 bits per heavy atom. The van der Waals surface area contributed by atoms with Gasteiger partial charge in [-0.2, -0.15) is 0 Å². The second kappa shape index (κ2) is 6.49. The van der Waals surface area contributed by atoms with Gasteiger partial charge in [0.05, 0.1) is 11.3 Å². The lowest BCUT2D eigenvalue weighted by Gasteiger charge is -2.06. The second-order valence-corrected chi connectivity index (χ2v) is 6.43. The van der Waals surface area contributed by atoms with Crippen LogP contribution in [0.1, 0.15) is 10.4 Å². The summed E-state index contributed by atoms with van der Waals surface area (Å²) in [6.07, 6.45) is 7.10. The molecule has 0 spiro atoms. The summed E-state index contributed by atoms with van der Waals surface area (Å²) in [6.45, 7) is 0. The van der Waals surface area contributed by atoms with Gasteiger partial charge in [-0.25, -0.2) is 4.98 Å². The molecule has 0 radical (unpaired) electrons. The average molecular weight is 393 g/mol. The number of hydrogen-bond donors (Lipinski definition) is 1. The first-order chi connectivity index (χ1) is 12.2. The molecule has 0 aliphatic carbocycles. The molecule has 0 aliphatic heterocycles. The summed E-state index contributed by atoms with van der Waals surface area (Å²) >= 11 is 3.32. The van der Waals surface area contributed by atoms with E-state index in [1.807, 2.05) is 59.3 Å². The van der Waals surface area contributed by atoms with E-state index in [1.165, 1.54) is 6.20 Å². The van der Waals surface area contributed by atoms with Crippen LogP contribution in [0.25, 0.3) is 16.9 Å². The third-order valence-electron chi connectivity index (χ3n) is 3.75. The van der Waals surface area contributed by atoms with E-state index in [1.54, 1.807) is 12.3 Å². The summed E-state index contributed by atoms with van der Waals surface area (Å²) in [6, 6.07) is 15.2. The SMILES string of the molecule is O=C(Nc1cccc(-c2cn3ccccc3n2)c1)c1cncc(Br)c1. The first-order valence-corrected chi connectivity index (χ1v) is 8.44. The molecule has 0 fully saturated rings. The number of nitrogens with zero attached hydrogens (tertiary/aromatic N) is 3. The van der Waals surface area contributed by atoms with E-state index in [9.17, 15) is 4.79 Å². The number of benzene rings is 1. The minimum Gasteiger partial charge on any atom is -0.322 e. The number of carbonyl (C=O) groups excluding carboxylic acids is 1. The molecule has 1 aromatic carbocycles. The molecule has 122 valence electrons. The van der Waals surface area contributed by atoms with Crippen molar-refractivity contribution in [2.45, 2.75) is 0 Å². The van der Waals surface area contributed by atoms with Crippen LogP contribution in [0.2, 0.25) is 0 Å². The summed E-state index contributed by atoms with van der Waals surface area (Å²) in [5, 5.41) is 2.89. The van der Waals surface area contributed by atoms with Gasteiger partial charge in [0.15, 0.2) is 0 Å². The molecule has 1 N–H and O–H groups in total. The molecule has 4 rings (SSSR count). The van der Waals surface area contributed by atoms with Crippen molar-refractivity contribution in [3.63, 3.8) is 0 Å². The monoisotopic (exact) mass is 392 g/mol. The minimum atomic E-state index is -0.207. The third kappa shape index (κ3) is 3.29. The second-order valence-electron chi connectivity index (χ2n) is 5.52. The first kappa shape index (κ1) is 15.5. The normalized spacial score (nSPS) is 10.8. The van der Waals surface area contributed by atoms with Crippen molar-refractivity contribution in [2.75, 3.05) is 5.32 Å². The highest BCUT2D eigenvalue weighted by atomic mass is 79.9. The highest BCUT2D eigenvalue weighted by molar-refractivity contribution is 9.10. The van der Waals surface area contributed by atoms with E-state index in [-0.39, 0.29) is 5.91 Å². The standard InChI is InChI=1S/C19H13BrN4O/c20-15-8-14(10-21-11-15)19(25)22-16-5-3-4-13(9-16)17-12-24-7-2-1-6-18(24)23-17/h1-12H,(H,22,25). The molecule has 25 heavy (non-hydrogen) atoms. The van der Waals surface area contributed by atoms with Crippen molar-refractivity contribution in [1.29, 1.82) is 0 Å². The average Bonchev–Trinajstić information content (AvgIpc) is 3.06. The van der Waals surface area contributed by atoms with Crippen LogP contribution in [0.15, 0.2) is 77.8 Å². The smallest absolute Gasteiger partial charge is 0.257 e. The third-order valence-corrected chi connectivity index (χ3v) is 4.18. The Kier molecular flexibility index (Phi) is 4.03. The van der Waals surface area contributed by atoms with Crippen LogP contribution >= 0.6 is 15.9 Å². The maximum Gasteiger partial charge on any atom is 0.257 e. The number of amides is 1. The largest absolute Gasteiger partial charge is 0.322 e. The van der Waals surface area contributed by atoms with Crippen LogP contribution in [-0.4, -0.2) is 20.3 Å². The van der Waals surface area contributed by atoms with E-state index in [4.69, 9.17) is 0 Å². The lowest BCUT2D eigenvalue weighted by molar-refractivity contribution is 0.102. The van der Waals surface area contributed by atoms with Crippen molar-refractivity contribution < 1.29 is 4.79 Å². The van der Waals surface area contributed by atoms with Crippen molar-refractivity contribution in [3.8, 4) is 11.3 Å². The van der Waals surface area contributed by atoms with E-state index in [0.717, 1.165) is 21.4 Å². The highest BCUT2D eigenvalue weighted by Crippen LogP contribution is 2.23. The number of nitrogens with one attached hydrogen (secondary N) is 1. The van der Waals surface area contributed by atoms with Crippen molar-refractivity contribution in [2.24, 2.45) is 0 Å². The molecule has 3 aromatic heterocycles. The summed E-state index contributed by atoms with van der Waals surface area (Å²) in [7, 11) is 0. The number of anilines is 1. The van der Waals surface area contributed by atoms with Gasteiger partial charge in [-0.1, -0.05) is 18.2 Å². The summed E-state index contributed by atoms with van der Waals surface area (Å²) < 4.78 is 2.73. The van der Waals surface area contributed by atoms with Gasteiger partial charge in [0.1, 0.15) is 5.65 Å². The molecule has 0 aliphatic rings. The fraction of sp³-hybridized carbons (Fsp3) is 0. The number of halogens is 1. The van der Waals surface area contributed by atoms with Gasteiger partial charge in [0.2, 0.25) is 0 Å². The molecule has 0 saturated carbocycles. The maximum absolute atomic E-state index is 12.4. The molecule has 3 heterocycles. The lowest BCUT2D eigenvalue weighted by atomic mass is 10.1. The van der Waals surface area contributed by atoms with Crippen molar-refractivity contribution in [3.05, 3.63) is 83.4 Å². The van der Waals surface area contributed by atoms with Gasteiger partial charge in [0, 0.05) is 40.5 Å². The number of rotatable bonds is 3. The first-order valence-electron chi connectivity index (χ1n) is 7.65. The van der Waals surface area contributed by atoms with Crippen LogP contribution in [0, 0.1) is 0 Å². The molecule has 1 amide bonds. The highest BCUT2D eigenvalue weighted by Gasteiger charge is 2.09. The molecule has 0 unspecified atom stereocenters. The van der Waals surface area contributed by atoms with Gasteiger partial charge >= 0.3 is 0 Å². The predicted molar refractivity (Wildman–Crippen MR) is 101 cm³/mol. The van der Waals surface area contributed by atoms with Gasteiger partial charge in [0.25, 0.3) is 5.91 Å². The topological polar surface area (TPSA) is 59.3 Å². The summed E-state index contributed by atoms with van der Waals surface area (Å²) in [4.78, 5) is 21.0. The van der Waals surface area contributed by atoms with Crippen LogP contribution in [0.5, 0.6) is 0 Å². The van der Waals surface area contributed by atoms with Crippen LogP contribution < -0.4 is 5.32 Å². The number of imidazole rings is 1. The molecule has 6 heteroatoms. The molecule has 5 nitrogen and oxygen atoms in total. The zero-order valence-corrected chi connectivity index (χ0v) is 14.6. The van der Waals surface area contributed by atoms with Gasteiger partial charge in [-0.15, -0.1) is 0 Å². The molecule has 0 saturated heterocycles. The van der Waals surface area contributed by atoms with Crippen LogP contribution in [-0.2, 0) is 0 Å². The quantitative estimate of drug-likeness (QED) is 0.561. The zero-order valence-electron chi connectivity index (χ0n) is 13.1. The molecule has 4 aromatic rings. The van der Waals surface area contributed by atoms with Gasteiger partial charge in [-0.05, 0) is 46.3 Å². The number of aromatic nitrogens is 3. The zero-order chi connectivity index (χ0) is 17.2. The molecule has 0 bridgehead atoms. The molecule has 0 atom stereocenters. The summed E-state index contributed by atoms with van der Waals surface area (Å²) in [5.74, 6) is -0.207. The van der Waals surface area contributed by atoms with Crippen molar-refractivity contribution in [1.82, 2.24) is 14.4 Å². The van der Waals surface area contributed by atoms with Crippen LogP contribution in [0.4, 0.5) is 5.69 Å². The Morgan fingerprint density at radius 1 is 1.08 bits per heavy atom. The fourth-order valence-electron chi connectivity index (χ4n) is 2.57. The number of carbonyl (C=O) groups is 1. The fourth-order valence-corrected chi connectivity index (χ4v) is 2.93. The lowest BCUT2D eigenvalue weighted by Crippen LogP contribution is -2.12. The van der Waals surface area contributed by atoms with Gasteiger partial charge < -0.3 is 9.72 Å². The Balaban J connectivity index is 1.62. The number of fused-ring (bicyclic) bond motifs is 1. The molecular formula is C19H13BrN4O. The van der Waals surface area contributed by atoms with E-state index < -0.39 is 0 Å². The number of hydrogen-bond acceptors (Lipinski definition) is 3. The maximum atomic E-state index is 12.4. The Morgan fingerprint density at radius 2 is 2.00 bits per heavy atom. The number of pyridine rings is 2. The Bertz CT molecular complexity index is 1040. The minimum absolute atomic E-state index is 0.207.